The van der Waals surface area contributed by atoms with Gasteiger partial charge in [-0.05, 0) is 25.1 Å². The second kappa shape index (κ2) is 8.81. The third-order valence-corrected chi connectivity index (χ3v) is 2.49. The van der Waals surface area contributed by atoms with Crippen LogP contribution in [0, 0.1) is 0 Å². The first-order valence-corrected chi connectivity index (χ1v) is 6.12. The first-order chi connectivity index (χ1) is 8.96. The predicted molar refractivity (Wildman–Crippen MR) is 74.2 cm³/mol. The standard InChI is InChI=1S/C13H17F3N2O.ClH/c1-2-7-17-8-9-18-12(19)10-5-3-4-6-11(10)13(14,15)16;/h3-6,17H,2,7-9H2,1H3,(H,18,19);1H. The van der Waals surface area contributed by atoms with Crippen molar-refractivity contribution in [3.05, 3.63) is 35.4 Å². The number of rotatable bonds is 6. The molecule has 0 saturated carbocycles. The van der Waals surface area contributed by atoms with E-state index in [1.165, 1.54) is 18.2 Å². The molecule has 1 amide bonds. The number of hydrogen-bond acceptors (Lipinski definition) is 2. The summed E-state index contributed by atoms with van der Waals surface area (Å²) in [6.45, 7) is 3.65. The molecule has 0 aliphatic carbocycles. The second-order valence-electron chi connectivity index (χ2n) is 4.05. The van der Waals surface area contributed by atoms with Crippen LogP contribution in [0.2, 0.25) is 0 Å². The van der Waals surface area contributed by atoms with E-state index in [1.807, 2.05) is 6.92 Å². The average molecular weight is 311 g/mol. The molecule has 0 aliphatic rings. The van der Waals surface area contributed by atoms with E-state index in [0.29, 0.717) is 13.1 Å². The third kappa shape index (κ3) is 5.79. The summed E-state index contributed by atoms with van der Waals surface area (Å²) in [5.74, 6) is -0.703. The number of nitrogens with one attached hydrogen (secondary N) is 2. The van der Waals surface area contributed by atoms with E-state index in [9.17, 15) is 18.0 Å². The molecule has 3 nitrogen and oxygen atoms in total. The Balaban J connectivity index is 0.00000361. The van der Waals surface area contributed by atoms with Crippen LogP contribution >= 0.6 is 12.4 Å². The van der Waals surface area contributed by atoms with Gasteiger partial charge in [-0.15, -0.1) is 12.4 Å². The molecule has 2 N–H and O–H groups in total. The van der Waals surface area contributed by atoms with Gasteiger partial charge in [0.05, 0.1) is 11.1 Å². The summed E-state index contributed by atoms with van der Waals surface area (Å²) in [6.07, 6.45) is -3.56. The Bertz CT molecular complexity index is 424. The third-order valence-electron chi connectivity index (χ3n) is 2.49. The quantitative estimate of drug-likeness (QED) is 0.793. The molecule has 0 radical (unpaired) electrons. The van der Waals surface area contributed by atoms with Crippen LogP contribution in [0.25, 0.3) is 0 Å². The maximum Gasteiger partial charge on any atom is 0.417 e. The van der Waals surface area contributed by atoms with Gasteiger partial charge in [-0.2, -0.15) is 13.2 Å². The SMILES string of the molecule is CCCNCCNC(=O)c1ccccc1C(F)(F)F.Cl. The number of carbonyl (C=O) groups is 1. The molecule has 114 valence electrons. The van der Waals surface area contributed by atoms with Gasteiger partial charge in [-0.3, -0.25) is 4.79 Å². The normalized spacial score (nSPS) is 10.8. The predicted octanol–water partition coefficient (Wildman–Crippen LogP) is 2.86. The summed E-state index contributed by atoms with van der Waals surface area (Å²) >= 11 is 0. The van der Waals surface area contributed by atoms with Gasteiger partial charge in [0.2, 0.25) is 0 Å². The van der Waals surface area contributed by atoms with Crippen molar-refractivity contribution in [1.29, 1.82) is 0 Å². The summed E-state index contributed by atoms with van der Waals surface area (Å²) < 4.78 is 38.1. The van der Waals surface area contributed by atoms with E-state index in [0.717, 1.165) is 19.0 Å². The van der Waals surface area contributed by atoms with Gasteiger partial charge >= 0.3 is 6.18 Å². The highest BCUT2D eigenvalue weighted by Gasteiger charge is 2.34. The fraction of sp³-hybridized carbons (Fsp3) is 0.462. The molecule has 0 spiro atoms. The fourth-order valence-electron chi connectivity index (χ4n) is 1.59. The average Bonchev–Trinajstić information content (AvgIpc) is 2.37. The lowest BCUT2D eigenvalue weighted by molar-refractivity contribution is -0.137. The van der Waals surface area contributed by atoms with Crippen LogP contribution < -0.4 is 10.6 Å². The Morgan fingerprint density at radius 2 is 1.80 bits per heavy atom. The topological polar surface area (TPSA) is 41.1 Å². The highest BCUT2D eigenvalue weighted by atomic mass is 35.5. The van der Waals surface area contributed by atoms with Crippen molar-refractivity contribution >= 4 is 18.3 Å². The summed E-state index contributed by atoms with van der Waals surface area (Å²) in [5, 5.41) is 5.52. The summed E-state index contributed by atoms with van der Waals surface area (Å²) in [5.41, 5.74) is -1.25. The lowest BCUT2D eigenvalue weighted by Gasteiger charge is -2.12. The molecule has 7 heteroatoms. The van der Waals surface area contributed by atoms with Crippen LogP contribution in [0.3, 0.4) is 0 Å². The van der Waals surface area contributed by atoms with Crippen LogP contribution in [0.4, 0.5) is 13.2 Å². The molecule has 0 heterocycles. The molecule has 0 aromatic heterocycles. The zero-order valence-corrected chi connectivity index (χ0v) is 11.9. The van der Waals surface area contributed by atoms with E-state index in [4.69, 9.17) is 0 Å². The van der Waals surface area contributed by atoms with Gasteiger partial charge in [-0.25, -0.2) is 0 Å². The monoisotopic (exact) mass is 310 g/mol. The van der Waals surface area contributed by atoms with E-state index in [1.54, 1.807) is 0 Å². The van der Waals surface area contributed by atoms with Crippen molar-refractivity contribution in [1.82, 2.24) is 10.6 Å². The van der Waals surface area contributed by atoms with Crippen LogP contribution in [0.1, 0.15) is 29.3 Å². The van der Waals surface area contributed by atoms with Crippen LogP contribution in [0.15, 0.2) is 24.3 Å². The number of benzene rings is 1. The number of hydrogen-bond donors (Lipinski definition) is 2. The highest BCUT2D eigenvalue weighted by Crippen LogP contribution is 2.31. The summed E-state index contributed by atoms with van der Waals surface area (Å²) in [4.78, 5) is 11.7. The van der Waals surface area contributed by atoms with Gasteiger partial charge < -0.3 is 10.6 Å². The minimum Gasteiger partial charge on any atom is -0.351 e. The smallest absolute Gasteiger partial charge is 0.351 e. The van der Waals surface area contributed by atoms with Crippen molar-refractivity contribution in [3.63, 3.8) is 0 Å². The fourth-order valence-corrected chi connectivity index (χ4v) is 1.59. The molecule has 0 saturated heterocycles. The lowest BCUT2D eigenvalue weighted by atomic mass is 10.1. The lowest BCUT2D eigenvalue weighted by Crippen LogP contribution is -2.33. The Kier molecular flexibility index (Phi) is 8.25. The van der Waals surface area contributed by atoms with E-state index < -0.39 is 17.6 Å². The van der Waals surface area contributed by atoms with Gasteiger partial charge in [0.25, 0.3) is 5.91 Å². The van der Waals surface area contributed by atoms with Gasteiger partial charge in [-0.1, -0.05) is 19.1 Å². The molecule has 0 bridgehead atoms. The Morgan fingerprint density at radius 3 is 2.40 bits per heavy atom. The Morgan fingerprint density at radius 1 is 1.15 bits per heavy atom. The molecule has 1 rings (SSSR count). The van der Waals surface area contributed by atoms with Crippen molar-refractivity contribution in [2.75, 3.05) is 19.6 Å². The van der Waals surface area contributed by atoms with E-state index >= 15 is 0 Å². The molecule has 0 atom stereocenters. The first kappa shape index (κ1) is 18.7. The largest absolute Gasteiger partial charge is 0.417 e. The van der Waals surface area contributed by atoms with E-state index in [-0.39, 0.29) is 18.0 Å². The molecule has 0 unspecified atom stereocenters. The maximum absolute atomic E-state index is 12.7. The number of carbonyl (C=O) groups excluding carboxylic acids is 1. The van der Waals surface area contributed by atoms with Gasteiger partial charge in [0, 0.05) is 13.1 Å². The zero-order valence-electron chi connectivity index (χ0n) is 11.1. The molecule has 0 fully saturated rings. The van der Waals surface area contributed by atoms with E-state index in [2.05, 4.69) is 10.6 Å². The molecule has 20 heavy (non-hydrogen) atoms. The maximum atomic E-state index is 12.7. The Hall–Kier alpha value is -1.27. The Labute approximate surface area is 122 Å². The molecule has 0 aliphatic heterocycles. The molecular weight excluding hydrogens is 293 g/mol. The minimum atomic E-state index is -4.52. The summed E-state index contributed by atoms with van der Waals surface area (Å²) in [6, 6.07) is 4.77. The van der Waals surface area contributed by atoms with Gasteiger partial charge in [0.1, 0.15) is 0 Å². The first-order valence-electron chi connectivity index (χ1n) is 6.12. The minimum absolute atomic E-state index is 0. The number of amides is 1. The van der Waals surface area contributed by atoms with Crippen molar-refractivity contribution in [2.24, 2.45) is 0 Å². The van der Waals surface area contributed by atoms with Crippen molar-refractivity contribution < 1.29 is 18.0 Å². The summed E-state index contributed by atoms with van der Waals surface area (Å²) in [7, 11) is 0. The molecular formula is C13H18ClF3N2O. The van der Waals surface area contributed by atoms with Crippen molar-refractivity contribution in [2.45, 2.75) is 19.5 Å². The number of alkyl halides is 3. The zero-order chi connectivity index (χ0) is 14.3. The molecule has 1 aromatic carbocycles. The molecule has 1 aromatic rings. The second-order valence-corrected chi connectivity index (χ2v) is 4.05. The number of halogens is 4. The van der Waals surface area contributed by atoms with Crippen LogP contribution in [-0.2, 0) is 6.18 Å². The van der Waals surface area contributed by atoms with Crippen LogP contribution in [-0.4, -0.2) is 25.5 Å². The van der Waals surface area contributed by atoms with Crippen molar-refractivity contribution in [3.8, 4) is 0 Å². The van der Waals surface area contributed by atoms with Crippen LogP contribution in [0.5, 0.6) is 0 Å². The van der Waals surface area contributed by atoms with Gasteiger partial charge in [0.15, 0.2) is 0 Å². The highest BCUT2D eigenvalue weighted by molar-refractivity contribution is 5.95.